The number of benzene rings is 2. The molecule has 33 heavy (non-hydrogen) atoms. The molecule has 1 aliphatic carbocycles. The largest absolute Gasteiger partial charge is 0.478 e. The van der Waals surface area contributed by atoms with Crippen LogP contribution >= 0.6 is 0 Å². The smallest absolute Gasteiger partial charge is 0.471 e. The van der Waals surface area contributed by atoms with Gasteiger partial charge in [-0.3, -0.25) is 9.69 Å². The summed E-state index contributed by atoms with van der Waals surface area (Å²) in [5.41, 5.74) is 2.10. The summed E-state index contributed by atoms with van der Waals surface area (Å²) in [5, 5.41) is 9.03. The van der Waals surface area contributed by atoms with Crippen LogP contribution in [0.4, 0.5) is 13.2 Å². The van der Waals surface area contributed by atoms with Crippen molar-refractivity contribution in [1.82, 2.24) is 9.80 Å². The van der Waals surface area contributed by atoms with Crippen LogP contribution in [0.1, 0.15) is 46.7 Å². The van der Waals surface area contributed by atoms with Gasteiger partial charge in [0, 0.05) is 25.0 Å². The molecule has 1 saturated heterocycles. The van der Waals surface area contributed by atoms with Crippen LogP contribution in [0.3, 0.4) is 0 Å². The van der Waals surface area contributed by atoms with E-state index in [9.17, 15) is 22.8 Å². The zero-order chi connectivity index (χ0) is 23.6. The molecule has 1 N–H and O–H groups in total. The second-order valence-corrected chi connectivity index (χ2v) is 9.00. The molecule has 0 spiro atoms. The maximum absolute atomic E-state index is 13.4. The van der Waals surface area contributed by atoms with Crippen LogP contribution in [0.5, 0.6) is 0 Å². The monoisotopic (exact) mass is 460 g/mol. The van der Waals surface area contributed by atoms with E-state index in [1.807, 2.05) is 18.2 Å². The molecule has 2 fully saturated rings. The predicted octanol–water partition coefficient (Wildman–Crippen LogP) is 4.54. The first-order chi connectivity index (χ1) is 15.7. The molecule has 1 aliphatic heterocycles. The third kappa shape index (κ3) is 5.74. The lowest BCUT2D eigenvalue weighted by molar-refractivity contribution is -0.187. The van der Waals surface area contributed by atoms with Crippen molar-refractivity contribution in [2.24, 2.45) is 5.92 Å². The lowest BCUT2D eigenvalue weighted by Gasteiger charge is -2.35. The Balaban J connectivity index is 1.38. The third-order valence-electron chi connectivity index (χ3n) is 6.66. The van der Waals surface area contributed by atoms with E-state index in [-0.39, 0.29) is 23.9 Å². The number of carboxylic acid groups (broad SMARTS) is 1. The van der Waals surface area contributed by atoms with Gasteiger partial charge in [0.1, 0.15) is 0 Å². The number of hydrogen-bond acceptors (Lipinski definition) is 3. The third-order valence-corrected chi connectivity index (χ3v) is 6.66. The first-order valence-corrected chi connectivity index (χ1v) is 11.2. The lowest BCUT2D eigenvalue weighted by atomic mass is 9.95. The van der Waals surface area contributed by atoms with E-state index in [0.717, 1.165) is 42.9 Å². The van der Waals surface area contributed by atoms with Gasteiger partial charge >= 0.3 is 18.1 Å². The average molecular weight is 460 g/mol. The summed E-state index contributed by atoms with van der Waals surface area (Å²) in [6.07, 6.45) is -2.95. The summed E-state index contributed by atoms with van der Waals surface area (Å²) >= 11 is 0. The van der Waals surface area contributed by atoms with Crippen LogP contribution < -0.4 is 0 Å². The van der Waals surface area contributed by atoms with Crippen LogP contribution in [0.25, 0.3) is 0 Å². The number of carboxylic acids is 1. The van der Waals surface area contributed by atoms with E-state index < -0.39 is 24.1 Å². The maximum Gasteiger partial charge on any atom is 0.471 e. The van der Waals surface area contributed by atoms with Crippen molar-refractivity contribution in [1.29, 1.82) is 0 Å². The molecule has 1 heterocycles. The van der Waals surface area contributed by atoms with Crippen LogP contribution in [-0.2, 0) is 11.3 Å². The Hall–Kier alpha value is -2.87. The molecule has 5 nitrogen and oxygen atoms in total. The summed E-state index contributed by atoms with van der Waals surface area (Å²) in [6, 6.07) is 15.7. The molecular formula is C25H27F3N2O3. The number of rotatable bonds is 7. The lowest BCUT2D eigenvalue weighted by Crippen LogP contribution is -2.47. The van der Waals surface area contributed by atoms with Crippen molar-refractivity contribution in [2.75, 3.05) is 19.6 Å². The minimum Gasteiger partial charge on any atom is -0.478 e. The summed E-state index contributed by atoms with van der Waals surface area (Å²) in [6.45, 7) is 2.50. The van der Waals surface area contributed by atoms with E-state index in [0.29, 0.717) is 6.42 Å². The summed E-state index contributed by atoms with van der Waals surface area (Å²) < 4.78 is 40.1. The fourth-order valence-corrected chi connectivity index (χ4v) is 4.74. The van der Waals surface area contributed by atoms with Crippen molar-refractivity contribution in [3.8, 4) is 0 Å². The number of carbonyl (C=O) groups is 2. The van der Waals surface area contributed by atoms with Crippen molar-refractivity contribution in [2.45, 2.75) is 43.9 Å². The Kier molecular flexibility index (Phi) is 6.74. The van der Waals surface area contributed by atoms with Gasteiger partial charge in [0.2, 0.25) is 0 Å². The standard InChI is InChI=1S/C25H27F3N2O3/c26-25(27,28)24(33)30(22-14-21(22)19-6-8-20(9-7-19)23(31)32)16-18-10-12-29(13-11-18)15-17-4-2-1-3-5-17/h1-9,18,21-22H,10-16H2,(H,31,32). The molecule has 2 aromatic carbocycles. The second-order valence-electron chi connectivity index (χ2n) is 9.00. The number of nitrogens with zero attached hydrogens (tertiary/aromatic N) is 2. The van der Waals surface area contributed by atoms with Crippen molar-refractivity contribution in [3.63, 3.8) is 0 Å². The van der Waals surface area contributed by atoms with Crippen molar-refractivity contribution < 1.29 is 27.9 Å². The molecular weight excluding hydrogens is 433 g/mol. The van der Waals surface area contributed by atoms with E-state index in [2.05, 4.69) is 17.0 Å². The van der Waals surface area contributed by atoms with E-state index >= 15 is 0 Å². The zero-order valence-corrected chi connectivity index (χ0v) is 18.2. The highest BCUT2D eigenvalue weighted by molar-refractivity contribution is 5.87. The Morgan fingerprint density at radius 2 is 1.64 bits per heavy atom. The number of aromatic carboxylic acids is 1. The molecule has 2 aliphatic rings. The summed E-state index contributed by atoms with van der Waals surface area (Å²) in [5.74, 6) is -3.00. The van der Waals surface area contributed by atoms with Gasteiger partial charge in [0.25, 0.3) is 0 Å². The van der Waals surface area contributed by atoms with Gasteiger partial charge in [-0.05, 0) is 61.5 Å². The van der Waals surface area contributed by atoms with Gasteiger partial charge < -0.3 is 10.0 Å². The number of halogens is 3. The summed E-state index contributed by atoms with van der Waals surface area (Å²) in [7, 11) is 0. The molecule has 1 saturated carbocycles. The molecule has 2 atom stereocenters. The average Bonchev–Trinajstić information content (AvgIpc) is 3.59. The second kappa shape index (κ2) is 9.55. The number of piperidine rings is 1. The molecule has 1 amide bonds. The predicted molar refractivity (Wildman–Crippen MR) is 117 cm³/mol. The van der Waals surface area contributed by atoms with Crippen LogP contribution in [0, 0.1) is 5.92 Å². The molecule has 2 unspecified atom stereocenters. The van der Waals surface area contributed by atoms with Gasteiger partial charge in [0.05, 0.1) is 5.56 Å². The van der Waals surface area contributed by atoms with Gasteiger partial charge in [0.15, 0.2) is 0 Å². The van der Waals surface area contributed by atoms with Crippen molar-refractivity contribution >= 4 is 11.9 Å². The van der Waals surface area contributed by atoms with Gasteiger partial charge in [-0.25, -0.2) is 4.79 Å². The highest BCUT2D eigenvalue weighted by Crippen LogP contribution is 2.46. The first kappa shape index (κ1) is 23.3. The zero-order valence-electron chi connectivity index (χ0n) is 18.2. The number of hydrogen-bond donors (Lipinski definition) is 1. The molecule has 0 aromatic heterocycles. The fraction of sp³-hybridized carbons (Fsp3) is 0.440. The van der Waals surface area contributed by atoms with Gasteiger partial charge in [-0.15, -0.1) is 0 Å². The Labute approximate surface area is 190 Å². The minimum absolute atomic E-state index is 0.0268. The van der Waals surface area contributed by atoms with E-state index in [4.69, 9.17) is 5.11 Å². The highest BCUT2D eigenvalue weighted by atomic mass is 19.4. The number of alkyl halides is 3. The van der Waals surface area contributed by atoms with Crippen LogP contribution in [0.2, 0.25) is 0 Å². The van der Waals surface area contributed by atoms with E-state index in [1.54, 1.807) is 12.1 Å². The number of likely N-dealkylation sites (tertiary alicyclic amines) is 1. The Bertz CT molecular complexity index is 971. The topological polar surface area (TPSA) is 60.9 Å². The maximum atomic E-state index is 13.4. The van der Waals surface area contributed by atoms with Crippen LogP contribution in [0.15, 0.2) is 54.6 Å². The normalized spacial score (nSPS) is 21.5. The summed E-state index contributed by atoms with van der Waals surface area (Å²) in [4.78, 5) is 26.6. The highest BCUT2D eigenvalue weighted by Gasteiger charge is 2.52. The fourth-order valence-electron chi connectivity index (χ4n) is 4.74. The Morgan fingerprint density at radius 3 is 2.21 bits per heavy atom. The first-order valence-electron chi connectivity index (χ1n) is 11.2. The van der Waals surface area contributed by atoms with Gasteiger partial charge in [-0.1, -0.05) is 42.5 Å². The molecule has 8 heteroatoms. The quantitative estimate of drug-likeness (QED) is 0.659. The SMILES string of the molecule is O=C(O)c1ccc(C2CC2N(CC2CCN(Cc3ccccc3)CC2)C(=O)C(F)(F)F)cc1. The minimum atomic E-state index is -4.91. The number of amides is 1. The van der Waals surface area contributed by atoms with Crippen LogP contribution in [-0.4, -0.2) is 58.6 Å². The molecule has 0 radical (unpaired) electrons. The van der Waals surface area contributed by atoms with E-state index in [1.165, 1.54) is 17.7 Å². The molecule has 176 valence electrons. The molecule has 0 bridgehead atoms. The van der Waals surface area contributed by atoms with Crippen molar-refractivity contribution in [3.05, 3.63) is 71.3 Å². The molecule has 2 aromatic rings. The molecule has 4 rings (SSSR count). The Morgan fingerprint density at radius 1 is 1.00 bits per heavy atom. The van der Waals surface area contributed by atoms with Gasteiger partial charge in [-0.2, -0.15) is 13.2 Å². The number of carbonyl (C=O) groups excluding carboxylic acids is 1.